The minimum atomic E-state index is 0.538. The van der Waals surface area contributed by atoms with E-state index in [1.54, 1.807) is 0 Å². The number of hydrogen-bond acceptors (Lipinski definition) is 3. The molecule has 0 aromatic carbocycles. The first-order chi connectivity index (χ1) is 8.33. The second kappa shape index (κ2) is 4.35. The van der Waals surface area contributed by atoms with E-state index in [9.17, 15) is 0 Å². The Bertz CT molecular complexity index is 509. The molecule has 17 heavy (non-hydrogen) atoms. The Balaban J connectivity index is 1.93. The van der Waals surface area contributed by atoms with Crippen LogP contribution in [0.1, 0.15) is 50.3 Å². The Morgan fingerprint density at radius 3 is 2.59 bits per heavy atom. The monoisotopic (exact) mass is 230 g/mol. The van der Waals surface area contributed by atoms with Crippen molar-refractivity contribution in [1.29, 1.82) is 0 Å². The normalized spacial score (nSPS) is 18.4. The van der Waals surface area contributed by atoms with Gasteiger partial charge in [-0.3, -0.25) is 0 Å². The van der Waals surface area contributed by atoms with Crippen molar-refractivity contribution in [1.82, 2.24) is 15.0 Å². The zero-order valence-electron chi connectivity index (χ0n) is 9.95. The number of fused-ring (bicyclic) bond motifs is 1. The second-order valence-corrected chi connectivity index (χ2v) is 4.92. The summed E-state index contributed by atoms with van der Waals surface area (Å²) in [5, 5.41) is 0. The molecule has 3 N–H and O–H groups in total. The maximum atomic E-state index is 5.67. The van der Waals surface area contributed by atoms with Gasteiger partial charge < -0.3 is 10.7 Å². The lowest BCUT2D eigenvalue weighted by molar-refractivity contribution is 0.567. The molecule has 0 spiro atoms. The number of aromatic nitrogens is 3. The second-order valence-electron chi connectivity index (χ2n) is 4.92. The number of imidazole rings is 1. The van der Waals surface area contributed by atoms with Gasteiger partial charge in [0.25, 0.3) is 0 Å². The first-order valence-corrected chi connectivity index (χ1v) is 6.45. The van der Waals surface area contributed by atoms with Crippen LogP contribution < -0.4 is 5.73 Å². The molecule has 4 heteroatoms. The molecule has 2 aromatic rings. The van der Waals surface area contributed by atoms with Crippen molar-refractivity contribution in [2.24, 2.45) is 0 Å². The topological polar surface area (TPSA) is 67.6 Å². The standard InChI is InChI=1S/C13H18N4/c14-11-8-7-10-13(16-11)17-12(15-10)9-5-3-1-2-4-6-9/h7-9H,1-6H2,(H3,14,15,16,17). The number of H-pyrrole nitrogens is 1. The predicted molar refractivity (Wildman–Crippen MR) is 68.7 cm³/mol. The quantitative estimate of drug-likeness (QED) is 0.740. The van der Waals surface area contributed by atoms with Gasteiger partial charge in [0, 0.05) is 5.92 Å². The Labute approximate surface area is 101 Å². The number of anilines is 1. The Morgan fingerprint density at radius 1 is 1.06 bits per heavy atom. The van der Waals surface area contributed by atoms with E-state index in [0.29, 0.717) is 11.7 Å². The van der Waals surface area contributed by atoms with Crippen molar-refractivity contribution in [2.75, 3.05) is 5.73 Å². The molecule has 0 atom stereocenters. The number of nitrogens with one attached hydrogen (secondary N) is 1. The van der Waals surface area contributed by atoms with Crippen LogP contribution in [0.4, 0.5) is 5.82 Å². The summed E-state index contributed by atoms with van der Waals surface area (Å²) < 4.78 is 0. The summed E-state index contributed by atoms with van der Waals surface area (Å²) >= 11 is 0. The zero-order chi connectivity index (χ0) is 11.7. The van der Waals surface area contributed by atoms with Gasteiger partial charge in [-0.05, 0) is 25.0 Å². The molecule has 0 radical (unpaired) electrons. The van der Waals surface area contributed by atoms with Crippen molar-refractivity contribution in [2.45, 2.75) is 44.4 Å². The van der Waals surface area contributed by atoms with Crippen LogP contribution in [-0.2, 0) is 0 Å². The molecule has 0 amide bonds. The Kier molecular flexibility index (Phi) is 2.71. The van der Waals surface area contributed by atoms with Gasteiger partial charge in [0.05, 0.1) is 5.52 Å². The van der Waals surface area contributed by atoms with Crippen molar-refractivity contribution >= 4 is 17.0 Å². The fraction of sp³-hybridized carbons (Fsp3) is 0.538. The third-order valence-corrected chi connectivity index (χ3v) is 3.63. The molecule has 90 valence electrons. The lowest BCUT2D eigenvalue weighted by Crippen LogP contribution is -1.99. The molecule has 0 unspecified atom stereocenters. The molecule has 4 nitrogen and oxygen atoms in total. The number of nitrogen functional groups attached to an aromatic ring is 1. The van der Waals surface area contributed by atoms with Crippen molar-refractivity contribution in [3.63, 3.8) is 0 Å². The van der Waals surface area contributed by atoms with Crippen LogP contribution in [0.3, 0.4) is 0 Å². The van der Waals surface area contributed by atoms with Crippen molar-refractivity contribution in [3.05, 3.63) is 18.0 Å². The molecular formula is C13H18N4. The lowest BCUT2D eigenvalue weighted by atomic mass is 10.00. The van der Waals surface area contributed by atoms with Gasteiger partial charge in [-0.2, -0.15) is 0 Å². The molecule has 1 saturated carbocycles. The summed E-state index contributed by atoms with van der Waals surface area (Å²) in [5.41, 5.74) is 7.42. The van der Waals surface area contributed by atoms with Crippen LogP contribution in [0.2, 0.25) is 0 Å². The summed E-state index contributed by atoms with van der Waals surface area (Å²) in [5.74, 6) is 2.21. The number of aromatic amines is 1. The number of rotatable bonds is 1. The summed E-state index contributed by atoms with van der Waals surface area (Å²) in [6.45, 7) is 0. The molecule has 0 aliphatic heterocycles. The van der Waals surface area contributed by atoms with E-state index in [1.165, 1.54) is 38.5 Å². The van der Waals surface area contributed by atoms with E-state index >= 15 is 0 Å². The molecule has 1 fully saturated rings. The Morgan fingerprint density at radius 2 is 1.82 bits per heavy atom. The maximum absolute atomic E-state index is 5.67. The van der Waals surface area contributed by atoms with Gasteiger partial charge in [-0.25, -0.2) is 9.97 Å². The lowest BCUT2D eigenvalue weighted by Gasteiger charge is -2.09. The van der Waals surface area contributed by atoms with Crippen LogP contribution in [0.25, 0.3) is 11.2 Å². The molecule has 1 aliphatic rings. The van der Waals surface area contributed by atoms with Gasteiger partial charge in [0.1, 0.15) is 11.6 Å². The minimum absolute atomic E-state index is 0.538. The third-order valence-electron chi connectivity index (χ3n) is 3.63. The van der Waals surface area contributed by atoms with E-state index < -0.39 is 0 Å². The molecule has 2 aromatic heterocycles. The van der Waals surface area contributed by atoms with Gasteiger partial charge in [0.2, 0.25) is 0 Å². The van der Waals surface area contributed by atoms with Crippen LogP contribution in [0.15, 0.2) is 12.1 Å². The SMILES string of the molecule is Nc1ccc2[nH]c(C3CCCCCC3)nc2n1. The highest BCUT2D eigenvalue weighted by Gasteiger charge is 2.18. The number of hydrogen-bond donors (Lipinski definition) is 2. The molecule has 1 aliphatic carbocycles. The molecule has 2 heterocycles. The van der Waals surface area contributed by atoms with Crippen molar-refractivity contribution in [3.8, 4) is 0 Å². The van der Waals surface area contributed by atoms with Gasteiger partial charge >= 0.3 is 0 Å². The van der Waals surface area contributed by atoms with E-state index in [1.807, 2.05) is 12.1 Å². The average molecular weight is 230 g/mol. The summed E-state index contributed by atoms with van der Waals surface area (Å²) in [4.78, 5) is 12.2. The minimum Gasteiger partial charge on any atom is -0.384 e. The highest BCUT2D eigenvalue weighted by atomic mass is 15.0. The highest BCUT2D eigenvalue weighted by molar-refractivity contribution is 5.72. The van der Waals surface area contributed by atoms with E-state index in [2.05, 4.69) is 15.0 Å². The highest BCUT2D eigenvalue weighted by Crippen LogP contribution is 2.30. The van der Waals surface area contributed by atoms with E-state index in [4.69, 9.17) is 5.73 Å². The van der Waals surface area contributed by atoms with Crippen LogP contribution >= 0.6 is 0 Å². The first-order valence-electron chi connectivity index (χ1n) is 6.45. The summed E-state index contributed by atoms with van der Waals surface area (Å²) in [6, 6.07) is 3.78. The summed E-state index contributed by atoms with van der Waals surface area (Å²) in [6.07, 6.45) is 7.85. The number of nitrogens with two attached hydrogens (primary N) is 1. The molecule has 3 rings (SSSR count). The molecule has 0 bridgehead atoms. The fourth-order valence-corrected chi connectivity index (χ4v) is 2.67. The van der Waals surface area contributed by atoms with Gasteiger partial charge in [0.15, 0.2) is 5.65 Å². The zero-order valence-corrected chi connectivity index (χ0v) is 9.95. The first kappa shape index (κ1) is 10.6. The van der Waals surface area contributed by atoms with E-state index in [0.717, 1.165) is 17.0 Å². The fourth-order valence-electron chi connectivity index (χ4n) is 2.67. The third kappa shape index (κ3) is 2.12. The summed E-state index contributed by atoms with van der Waals surface area (Å²) in [7, 11) is 0. The van der Waals surface area contributed by atoms with E-state index in [-0.39, 0.29) is 0 Å². The molecule has 0 saturated heterocycles. The number of nitrogens with zero attached hydrogens (tertiary/aromatic N) is 2. The van der Waals surface area contributed by atoms with Gasteiger partial charge in [-0.15, -0.1) is 0 Å². The Hall–Kier alpha value is -1.58. The van der Waals surface area contributed by atoms with Crippen LogP contribution in [0, 0.1) is 0 Å². The van der Waals surface area contributed by atoms with Crippen molar-refractivity contribution < 1.29 is 0 Å². The van der Waals surface area contributed by atoms with Crippen LogP contribution in [-0.4, -0.2) is 15.0 Å². The average Bonchev–Trinajstić information content (AvgIpc) is 2.57. The maximum Gasteiger partial charge on any atom is 0.179 e. The predicted octanol–water partition coefficient (Wildman–Crippen LogP) is 2.98. The van der Waals surface area contributed by atoms with Gasteiger partial charge in [-0.1, -0.05) is 25.7 Å². The molecular weight excluding hydrogens is 212 g/mol. The largest absolute Gasteiger partial charge is 0.384 e. The van der Waals surface area contributed by atoms with Crippen LogP contribution in [0.5, 0.6) is 0 Å². The number of pyridine rings is 1. The smallest absolute Gasteiger partial charge is 0.179 e.